The van der Waals surface area contributed by atoms with Gasteiger partial charge in [-0.15, -0.1) is 11.3 Å². The third kappa shape index (κ3) is 2.52. The zero-order chi connectivity index (χ0) is 11.5. The molecular weight excluding hydrogens is 220 g/mol. The molecule has 0 bridgehead atoms. The SMILES string of the molecule is Cc1csc(COc2cc(N)ccc2C)n1. The number of aryl methyl sites for hydroxylation is 2. The molecule has 0 unspecified atom stereocenters. The van der Waals surface area contributed by atoms with E-state index in [0.29, 0.717) is 6.61 Å². The van der Waals surface area contributed by atoms with Crippen molar-refractivity contribution in [3.8, 4) is 5.75 Å². The first-order chi connectivity index (χ1) is 7.65. The van der Waals surface area contributed by atoms with E-state index in [0.717, 1.165) is 27.7 Å². The fourth-order valence-electron chi connectivity index (χ4n) is 1.38. The van der Waals surface area contributed by atoms with E-state index in [1.165, 1.54) is 0 Å². The average Bonchev–Trinajstić information content (AvgIpc) is 2.66. The average molecular weight is 234 g/mol. The molecule has 3 nitrogen and oxygen atoms in total. The molecule has 0 amide bonds. The van der Waals surface area contributed by atoms with E-state index in [1.807, 2.05) is 37.4 Å². The molecule has 0 aliphatic carbocycles. The Morgan fingerprint density at radius 2 is 2.19 bits per heavy atom. The monoisotopic (exact) mass is 234 g/mol. The van der Waals surface area contributed by atoms with Gasteiger partial charge in [-0.2, -0.15) is 0 Å². The first-order valence-corrected chi connectivity index (χ1v) is 5.93. The number of hydrogen-bond acceptors (Lipinski definition) is 4. The molecule has 1 aromatic heterocycles. The van der Waals surface area contributed by atoms with E-state index in [2.05, 4.69) is 4.98 Å². The van der Waals surface area contributed by atoms with Crippen LogP contribution in [0.5, 0.6) is 5.75 Å². The van der Waals surface area contributed by atoms with Crippen LogP contribution in [0, 0.1) is 13.8 Å². The van der Waals surface area contributed by atoms with Gasteiger partial charge in [-0.1, -0.05) is 6.07 Å². The van der Waals surface area contributed by atoms with Crippen LogP contribution >= 0.6 is 11.3 Å². The van der Waals surface area contributed by atoms with Crippen LogP contribution in [-0.4, -0.2) is 4.98 Å². The molecule has 0 aliphatic rings. The second-order valence-electron chi connectivity index (χ2n) is 3.70. The van der Waals surface area contributed by atoms with Gasteiger partial charge in [0, 0.05) is 22.8 Å². The summed E-state index contributed by atoms with van der Waals surface area (Å²) >= 11 is 1.61. The number of aromatic nitrogens is 1. The minimum Gasteiger partial charge on any atom is -0.486 e. The molecule has 0 saturated heterocycles. The summed E-state index contributed by atoms with van der Waals surface area (Å²) in [6, 6.07) is 5.67. The maximum Gasteiger partial charge on any atom is 0.140 e. The van der Waals surface area contributed by atoms with Gasteiger partial charge in [0.1, 0.15) is 17.4 Å². The van der Waals surface area contributed by atoms with Crippen molar-refractivity contribution in [3.05, 3.63) is 39.8 Å². The largest absolute Gasteiger partial charge is 0.486 e. The lowest BCUT2D eigenvalue weighted by atomic mass is 10.2. The zero-order valence-electron chi connectivity index (χ0n) is 9.36. The summed E-state index contributed by atoms with van der Waals surface area (Å²) in [7, 11) is 0. The summed E-state index contributed by atoms with van der Waals surface area (Å²) in [5, 5.41) is 3.00. The number of hydrogen-bond donors (Lipinski definition) is 1. The van der Waals surface area contributed by atoms with Crippen LogP contribution in [0.1, 0.15) is 16.3 Å². The summed E-state index contributed by atoms with van der Waals surface area (Å²) in [4.78, 5) is 4.34. The summed E-state index contributed by atoms with van der Waals surface area (Å²) in [6.07, 6.45) is 0. The number of anilines is 1. The third-order valence-electron chi connectivity index (χ3n) is 2.23. The molecular formula is C12H14N2OS. The van der Waals surface area contributed by atoms with Gasteiger partial charge in [-0.05, 0) is 25.5 Å². The minimum atomic E-state index is 0.503. The Hall–Kier alpha value is -1.55. The lowest BCUT2D eigenvalue weighted by Gasteiger charge is -2.08. The van der Waals surface area contributed by atoms with Gasteiger partial charge in [0.15, 0.2) is 0 Å². The molecule has 0 spiro atoms. The lowest BCUT2D eigenvalue weighted by molar-refractivity contribution is 0.303. The standard InChI is InChI=1S/C12H14N2OS/c1-8-3-4-10(13)5-11(8)15-6-12-14-9(2)7-16-12/h3-5,7H,6,13H2,1-2H3. The van der Waals surface area contributed by atoms with Crippen molar-refractivity contribution >= 4 is 17.0 Å². The van der Waals surface area contributed by atoms with Gasteiger partial charge < -0.3 is 10.5 Å². The molecule has 0 saturated carbocycles. The second-order valence-corrected chi connectivity index (χ2v) is 4.64. The number of ether oxygens (including phenoxy) is 1. The van der Waals surface area contributed by atoms with Gasteiger partial charge in [-0.3, -0.25) is 0 Å². The van der Waals surface area contributed by atoms with Crippen molar-refractivity contribution in [2.45, 2.75) is 20.5 Å². The van der Waals surface area contributed by atoms with Crippen LogP contribution in [0.4, 0.5) is 5.69 Å². The Kier molecular flexibility index (Phi) is 3.10. The van der Waals surface area contributed by atoms with E-state index < -0.39 is 0 Å². The van der Waals surface area contributed by atoms with Crippen LogP contribution in [0.25, 0.3) is 0 Å². The molecule has 0 aliphatic heterocycles. The number of nitrogens with two attached hydrogens (primary N) is 1. The maximum atomic E-state index is 5.71. The predicted molar refractivity (Wildman–Crippen MR) is 66.8 cm³/mol. The Bertz CT molecular complexity index is 494. The summed E-state index contributed by atoms with van der Waals surface area (Å²) in [6.45, 7) is 4.48. The summed E-state index contributed by atoms with van der Waals surface area (Å²) < 4.78 is 5.68. The van der Waals surface area contributed by atoms with Crippen molar-refractivity contribution < 1.29 is 4.74 Å². The molecule has 4 heteroatoms. The fraction of sp³-hybridized carbons (Fsp3) is 0.250. The highest BCUT2D eigenvalue weighted by Crippen LogP contribution is 2.22. The van der Waals surface area contributed by atoms with Crippen molar-refractivity contribution in [3.63, 3.8) is 0 Å². The van der Waals surface area contributed by atoms with Gasteiger partial charge in [0.05, 0.1) is 0 Å². The molecule has 2 rings (SSSR count). The molecule has 2 N–H and O–H groups in total. The minimum absolute atomic E-state index is 0.503. The van der Waals surface area contributed by atoms with Crippen molar-refractivity contribution in [2.75, 3.05) is 5.73 Å². The molecule has 0 atom stereocenters. The van der Waals surface area contributed by atoms with Crippen molar-refractivity contribution in [1.82, 2.24) is 4.98 Å². The fourth-order valence-corrected chi connectivity index (χ4v) is 2.06. The molecule has 16 heavy (non-hydrogen) atoms. The first-order valence-electron chi connectivity index (χ1n) is 5.05. The van der Waals surface area contributed by atoms with Gasteiger partial charge in [0.25, 0.3) is 0 Å². The number of nitrogens with zero attached hydrogens (tertiary/aromatic N) is 1. The Morgan fingerprint density at radius 3 is 2.88 bits per heavy atom. The Balaban J connectivity index is 2.07. The number of benzene rings is 1. The highest BCUT2D eigenvalue weighted by atomic mass is 32.1. The number of rotatable bonds is 3. The molecule has 0 fully saturated rings. The maximum absolute atomic E-state index is 5.71. The van der Waals surface area contributed by atoms with Gasteiger partial charge in [0.2, 0.25) is 0 Å². The highest BCUT2D eigenvalue weighted by molar-refractivity contribution is 7.09. The van der Waals surface area contributed by atoms with Crippen LogP contribution < -0.4 is 10.5 Å². The normalized spacial score (nSPS) is 10.4. The smallest absolute Gasteiger partial charge is 0.140 e. The Labute approximate surface area is 98.9 Å². The lowest BCUT2D eigenvalue weighted by Crippen LogP contribution is -1.97. The van der Waals surface area contributed by atoms with Gasteiger partial charge in [-0.25, -0.2) is 4.98 Å². The van der Waals surface area contributed by atoms with Gasteiger partial charge >= 0.3 is 0 Å². The van der Waals surface area contributed by atoms with E-state index in [4.69, 9.17) is 10.5 Å². The van der Waals surface area contributed by atoms with Crippen LogP contribution in [0.2, 0.25) is 0 Å². The van der Waals surface area contributed by atoms with E-state index in [1.54, 1.807) is 11.3 Å². The van der Waals surface area contributed by atoms with Crippen molar-refractivity contribution in [2.24, 2.45) is 0 Å². The summed E-state index contributed by atoms with van der Waals surface area (Å²) in [5.74, 6) is 0.827. The molecule has 1 aromatic carbocycles. The molecule has 84 valence electrons. The van der Waals surface area contributed by atoms with E-state index in [9.17, 15) is 0 Å². The number of thiazole rings is 1. The van der Waals surface area contributed by atoms with Crippen molar-refractivity contribution in [1.29, 1.82) is 0 Å². The zero-order valence-corrected chi connectivity index (χ0v) is 10.2. The predicted octanol–water partition coefficient (Wildman–Crippen LogP) is 2.92. The van der Waals surface area contributed by atoms with E-state index >= 15 is 0 Å². The Morgan fingerprint density at radius 1 is 1.38 bits per heavy atom. The quantitative estimate of drug-likeness (QED) is 0.831. The molecule has 2 aromatic rings. The summed E-state index contributed by atoms with van der Waals surface area (Å²) in [5.41, 5.74) is 8.55. The molecule has 1 heterocycles. The van der Waals surface area contributed by atoms with Crippen LogP contribution in [0.3, 0.4) is 0 Å². The second kappa shape index (κ2) is 4.53. The number of nitrogen functional groups attached to an aromatic ring is 1. The molecule has 0 radical (unpaired) electrons. The topological polar surface area (TPSA) is 48.1 Å². The van der Waals surface area contributed by atoms with Crippen LogP contribution in [-0.2, 0) is 6.61 Å². The van der Waals surface area contributed by atoms with E-state index in [-0.39, 0.29) is 0 Å². The first kappa shape index (κ1) is 11.0. The highest BCUT2D eigenvalue weighted by Gasteiger charge is 2.03. The third-order valence-corrected chi connectivity index (χ3v) is 3.17. The van der Waals surface area contributed by atoms with Crippen LogP contribution in [0.15, 0.2) is 23.6 Å².